The summed E-state index contributed by atoms with van der Waals surface area (Å²) >= 11 is 0. The second-order valence-electron chi connectivity index (χ2n) is 15.8. The third-order valence-corrected chi connectivity index (χ3v) is 14.0. The Hall–Kier alpha value is -1.32. The maximum absolute atomic E-state index is 11.9. The normalized spacial score (nSPS) is 49.1. The molecule has 0 radical (unpaired) electrons. The highest BCUT2D eigenvalue weighted by molar-refractivity contribution is 5.66. The van der Waals surface area contributed by atoms with Gasteiger partial charge in [0.1, 0.15) is 6.10 Å². The predicted octanol–water partition coefficient (Wildman–Crippen LogP) is 8.14. The van der Waals surface area contributed by atoms with Crippen LogP contribution in [0.5, 0.6) is 0 Å². The lowest BCUT2D eigenvalue weighted by molar-refractivity contribution is -0.252. The fourth-order valence-corrected chi connectivity index (χ4v) is 12.2. The van der Waals surface area contributed by atoms with E-state index in [1.807, 2.05) is 0 Å². The smallest absolute Gasteiger partial charge is 0.302 e. The van der Waals surface area contributed by atoms with Gasteiger partial charge in [-0.1, -0.05) is 46.8 Å². The standard InChI is InChI=1S/C34H54O4/c1-21(2)24-12-17-34(20-37-22(3)35)19-18-32(8)25(29(24)34)10-11-27-31(7)15-14-28(38-23(4)36)30(5,6)26(31)13-16-33(27,32)9/h24-29H,1,10-20H2,2-9H3/t24-,25+,26+,27+,28-,29-,31-,32+,33+,34+/m0/s1. The van der Waals surface area contributed by atoms with E-state index in [1.54, 1.807) is 13.8 Å². The number of hydrogen-bond donors (Lipinski definition) is 0. The van der Waals surface area contributed by atoms with Crippen LogP contribution in [0.25, 0.3) is 0 Å². The van der Waals surface area contributed by atoms with Crippen LogP contribution in [-0.4, -0.2) is 24.6 Å². The zero-order valence-electron chi connectivity index (χ0n) is 25.6. The van der Waals surface area contributed by atoms with Crippen LogP contribution < -0.4 is 0 Å². The Morgan fingerprint density at radius 2 is 1.47 bits per heavy atom. The number of fused-ring (bicyclic) bond motifs is 7. The molecule has 0 bridgehead atoms. The molecule has 0 heterocycles. The number of esters is 2. The lowest BCUT2D eigenvalue weighted by Gasteiger charge is -2.73. The van der Waals surface area contributed by atoms with E-state index in [0.717, 1.165) is 12.8 Å². The molecule has 4 heteroatoms. The molecule has 4 nitrogen and oxygen atoms in total. The van der Waals surface area contributed by atoms with Gasteiger partial charge in [-0.25, -0.2) is 0 Å². The van der Waals surface area contributed by atoms with Gasteiger partial charge in [-0.15, -0.1) is 0 Å². The third kappa shape index (κ3) is 3.80. The lowest BCUT2D eigenvalue weighted by atomic mass is 9.32. The molecule has 0 unspecified atom stereocenters. The van der Waals surface area contributed by atoms with Crippen LogP contribution in [-0.2, 0) is 19.1 Å². The minimum Gasteiger partial charge on any atom is -0.465 e. The summed E-state index contributed by atoms with van der Waals surface area (Å²) in [6.45, 7) is 23.1. The van der Waals surface area contributed by atoms with Crippen LogP contribution in [0.1, 0.15) is 120 Å². The van der Waals surface area contributed by atoms with Gasteiger partial charge in [-0.05, 0) is 117 Å². The van der Waals surface area contributed by atoms with E-state index in [4.69, 9.17) is 9.47 Å². The van der Waals surface area contributed by atoms with Crippen molar-refractivity contribution in [1.82, 2.24) is 0 Å². The van der Waals surface area contributed by atoms with Crippen LogP contribution in [0.4, 0.5) is 0 Å². The fraction of sp³-hybridized carbons (Fsp3) is 0.882. The first-order valence-corrected chi connectivity index (χ1v) is 15.6. The molecule has 5 saturated carbocycles. The number of carbonyl (C=O) groups is 2. The molecule has 0 N–H and O–H groups in total. The van der Waals surface area contributed by atoms with E-state index in [2.05, 4.69) is 48.1 Å². The zero-order valence-corrected chi connectivity index (χ0v) is 25.6. The Balaban J connectivity index is 1.49. The average Bonchev–Trinajstić information content (AvgIpc) is 3.20. The molecule has 5 aliphatic carbocycles. The van der Waals surface area contributed by atoms with Crippen molar-refractivity contribution >= 4 is 11.9 Å². The first kappa shape index (κ1) is 28.2. The Labute approximate surface area is 232 Å². The largest absolute Gasteiger partial charge is 0.465 e. The highest BCUT2D eigenvalue weighted by atomic mass is 16.5. The molecule has 0 aromatic carbocycles. The van der Waals surface area contributed by atoms with Crippen molar-refractivity contribution in [2.45, 2.75) is 126 Å². The minimum atomic E-state index is -0.140. The predicted molar refractivity (Wildman–Crippen MR) is 151 cm³/mol. The van der Waals surface area contributed by atoms with Crippen molar-refractivity contribution in [3.63, 3.8) is 0 Å². The highest BCUT2D eigenvalue weighted by Crippen LogP contribution is 2.77. The second kappa shape index (κ2) is 9.10. The SMILES string of the molecule is C=C(C)[C@@H]1CC[C@]2(COC(C)=O)CC[C@]3(C)[C@H](CC[C@@H]4[C@@]5(C)CC[C@H](OC(C)=O)C(C)(C)[C@H]5CC[C@]43C)[C@H]12. The van der Waals surface area contributed by atoms with E-state index >= 15 is 0 Å². The molecule has 0 saturated heterocycles. The van der Waals surface area contributed by atoms with Gasteiger partial charge < -0.3 is 9.47 Å². The van der Waals surface area contributed by atoms with E-state index in [1.165, 1.54) is 56.9 Å². The Morgan fingerprint density at radius 1 is 0.763 bits per heavy atom. The molecular formula is C34H54O4. The number of ether oxygens (including phenoxy) is 2. The van der Waals surface area contributed by atoms with E-state index in [-0.39, 0.29) is 39.7 Å². The van der Waals surface area contributed by atoms with Crippen LogP contribution in [0.15, 0.2) is 12.2 Å². The molecule has 10 atom stereocenters. The van der Waals surface area contributed by atoms with Crippen molar-refractivity contribution < 1.29 is 19.1 Å². The summed E-state index contributed by atoms with van der Waals surface area (Å²) in [4.78, 5) is 23.8. The Morgan fingerprint density at radius 3 is 2.11 bits per heavy atom. The van der Waals surface area contributed by atoms with Gasteiger partial charge in [0, 0.05) is 24.7 Å². The van der Waals surface area contributed by atoms with E-state index < -0.39 is 0 Å². The molecule has 5 fully saturated rings. The van der Waals surface area contributed by atoms with Crippen molar-refractivity contribution in [3.05, 3.63) is 12.2 Å². The summed E-state index contributed by atoms with van der Waals surface area (Å²) in [5.74, 6) is 2.76. The topological polar surface area (TPSA) is 52.6 Å². The van der Waals surface area contributed by atoms with Crippen molar-refractivity contribution in [2.24, 2.45) is 56.7 Å². The first-order chi connectivity index (χ1) is 17.6. The maximum atomic E-state index is 11.9. The number of hydrogen-bond acceptors (Lipinski definition) is 4. The van der Waals surface area contributed by atoms with Crippen LogP contribution >= 0.6 is 0 Å². The number of carbonyl (C=O) groups excluding carboxylic acids is 2. The Bertz CT molecular complexity index is 998. The van der Waals surface area contributed by atoms with Gasteiger partial charge in [0.05, 0.1) is 6.61 Å². The Kier molecular flexibility index (Phi) is 6.76. The van der Waals surface area contributed by atoms with Gasteiger partial charge in [0.15, 0.2) is 0 Å². The summed E-state index contributed by atoms with van der Waals surface area (Å²) in [7, 11) is 0. The van der Waals surface area contributed by atoms with Gasteiger partial charge >= 0.3 is 11.9 Å². The number of rotatable bonds is 4. The molecule has 0 aromatic heterocycles. The van der Waals surface area contributed by atoms with E-state index in [0.29, 0.717) is 41.6 Å². The van der Waals surface area contributed by atoms with Crippen molar-refractivity contribution in [2.75, 3.05) is 6.61 Å². The van der Waals surface area contributed by atoms with Crippen molar-refractivity contribution in [1.29, 1.82) is 0 Å². The molecule has 0 aromatic rings. The third-order valence-electron chi connectivity index (χ3n) is 14.0. The van der Waals surface area contributed by atoms with Gasteiger partial charge in [-0.3, -0.25) is 9.59 Å². The molecule has 0 aliphatic heterocycles. The second-order valence-corrected chi connectivity index (χ2v) is 15.8. The highest BCUT2D eigenvalue weighted by Gasteiger charge is 2.71. The summed E-state index contributed by atoms with van der Waals surface area (Å²) in [6, 6.07) is 0. The van der Waals surface area contributed by atoms with Gasteiger partial charge in [0.2, 0.25) is 0 Å². The summed E-state index contributed by atoms with van der Waals surface area (Å²) in [5.41, 5.74) is 2.30. The molecular weight excluding hydrogens is 472 g/mol. The summed E-state index contributed by atoms with van der Waals surface area (Å²) in [6.07, 6.45) is 12.0. The minimum absolute atomic E-state index is 0.00000109. The summed E-state index contributed by atoms with van der Waals surface area (Å²) in [5, 5.41) is 0. The monoisotopic (exact) mass is 526 g/mol. The molecule has 5 rings (SSSR count). The molecule has 38 heavy (non-hydrogen) atoms. The molecule has 214 valence electrons. The quantitative estimate of drug-likeness (QED) is 0.274. The lowest BCUT2D eigenvalue weighted by Crippen LogP contribution is -2.67. The summed E-state index contributed by atoms with van der Waals surface area (Å²) < 4.78 is 11.7. The zero-order chi connectivity index (χ0) is 27.9. The fourth-order valence-electron chi connectivity index (χ4n) is 12.2. The van der Waals surface area contributed by atoms with Crippen LogP contribution in [0.3, 0.4) is 0 Å². The number of allylic oxidation sites excluding steroid dienone is 1. The first-order valence-electron chi connectivity index (χ1n) is 15.6. The molecule has 0 spiro atoms. The maximum Gasteiger partial charge on any atom is 0.302 e. The van der Waals surface area contributed by atoms with Gasteiger partial charge in [0.25, 0.3) is 0 Å². The van der Waals surface area contributed by atoms with E-state index in [9.17, 15) is 9.59 Å². The van der Waals surface area contributed by atoms with Crippen LogP contribution in [0, 0.1) is 56.7 Å². The average molecular weight is 527 g/mol. The van der Waals surface area contributed by atoms with Crippen LogP contribution in [0.2, 0.25) is 0 Å². The van der Waals surface area contributed by atoms with Gasteiger partial charge in [-0.2, -0.15) is 0 Å². The molecule has 5 aliphatic rings. The molecule has 0 amide bonds. The van der Waals surface area contributed by atoms with Crippen molar-refractivity contribution in [3.8, 4) is 0 Å².